The van der Waals surface area contributed by atoms with Crippen LogP contribution in [0, 0.1) is 0 Å². The van der Waals surface area contributed by atoms with Crippen LogP contribution in [-0.2, 0) is 18.6 Å². The number of hydrogen-bond donors (Lipinski definition) is 0. The van der Waals surface area contributed by atoms with E-state index in [4.69, 9.17) is 34.8 Å². The summed E-state index contributed by atoms with van der Waals surface area (Å²) in [6.07, 6.45) is -4.59. The molecule has 20 heavy (non-hydrogen) atoms. The van der Waals surface area contributed by atoms with E-state index in [1.54, 1.807) is 24.3 Å². The second-order valence-electron chi connectivity index (χ2n) is 4.04. The van der Waals surface area contributed by atoms with E-state index in [0.717, 1.165) is 4.68 Å². The number of alkyl halides is 4. The van der Waals surface area contributed by atoms with E-state index in [-0.39, 0.29) is 23.1 Å². The lowest BCUT2D eigenvalue weighted by Gasteiger charge is -2.04. The molecule has 0 aliphatic heterocycles. The molecule has 0 bridgehead atoms. The minimum absolute atomic E-state index is 0.0827. The molecule has 2 aromatic rings. The summed E-state index contributed by atoms with van der Waals surface area (Å²) in [5.74, 6) is -0.358. The van der Waals surface area contributed by atoms with Gasteiger partial charge in [-0.3, -0.25) is 0 Å². The quantitative estimate of drug-likeness (QED) is 0.717. The van der Waals surface area contributed by atoms with Crippen molar-refractivity contribution in [1.82, 2.24) is 9.78 Å². The Kier molecular flexibility index (Phi) is 4.52. The Hall–Kier alpha value is -0.910. The van der Waals surface area contributed by atoms with Gasteiger partial charge in [0.05, 0.1) is 12.4 Å². The molecule has 1 aromatic heterocycles. The van der Waals surface area contributed by atoms with E-state index in [1.807, 2.05) is 0 Å². The van der Waals surface area contributed by atoms with Crippen LogP contribution in [0.2, 0.25) is 10.2 Å². The molecule has 0 saturated carbocycles. The average molecular weight is 344 g/mol. The van der Waals surface area contributed by atoms with Crippen molar-refractivity contribution in [3.8, 4) is 0 Å². The summed E-state index contributed by atoms with van der Waals surface area (Å²) in [5, 5.41) is 3.88. The second kappa shape index (κ2) is 5.84. The van der Waals surface area contributed by atoms with E-state index in [1.165, 1.54) is 0 Å². The lowest BCUT2D eigenvalue weighted by atomic mass is 10.2. The summed E-state index contributed by atoms with van der Waals surface area (Å²) < 4.78 is 39.5. The third-order valence-corrected chi connectivity index (χ3v) is 3.53. The van der Waals surface area contributed by atoms with Gasteiger partial charge in [0.15, 0.2) is 5.69 Å². The molecule has 1 aromatic carbocycles. The van der Waals surface area contributed by atoms with Gasteiger partial charge in [-0.15, -0.1) is 11.6 Å². The first-order chi connectivity index (χ1) is 9.32. The lowest BCUT2D eigenvalue weighted by molar-refractivity contribution is -0.142. The van der Waals surface area contributed by atoms with Crippen LogP contribution in [0.15, 0.2) is 24.3 Å². The largest absolute Gasteiger partial charge is 0.435 e. The summed E-state index contributed by atoms with van der Waals surface area (Å²) in [4.78, 5) is 0. The van der Waals surface area contributed by atoms with Crippen LogP contribution < -0.4 is 0 Å². The fraction of sp³-hybridized carbons (Fsp3) is 0.250. The van der Waals surface area contributed by atoms with Gasteiger partial charge in [-0.2, -0.15) is 18.3 Å². The number of halogens is 6. The molecular weight excluding hydrogens is 335 g/mol. The molecule has 0 amide bonds. The predicted molar refractivity (Wildman–Crippen MR) is 72.4 cm³/mol. The SMILES string of the molecule is FC(F)(F)c1nn(Cc2cccc(Cl)c2)c(Cl)c1CCl. The van der Waals surface area contributed by atoms with Crippen LogP contribution in [-0.4, -0.2) is 9.78 Å². The van der Waals surface area contributed by atoms with Crippen molar-refractivity contribution in [3.63, 3.8) is 0 Å². The van der Waals surface area contributed by atoms with Crippen molar-refractivity contribution in [2.24, 2.45) is 0 Å². The Bertz CT molecular complexity index is 623. The first-order valence-corrected chi connectivity index (χ1v) is 6.74. The van der Waals surface area contributed by atoms with E-state index in [0.29, 0.717) is 10.6 Å². The summed E-state index contributed by atoms with van der Waals surface area (Å²) in [7, 11) is 0. The Morgan fingerprint density at radius 3 is 2.40 bits per heavy atom. The van der Waals surface area contributed by atoms with Crippen molar-refractivity contribution >= 4 is 34.8 Å². The van der Waals surface area contributed by atoms with Gasteiger partial charge in [-0.1, -0.05) is 35.3 Å². The maximum Gasteiger partial charge on any atom is 0.435 e. The van der Waals surface area contributed by atoms with Crippen molar-refractivity contribution in [2.75, 3.05) is 0 Å². The molecule has 1 heterocycles. The fourth-order valence-corrected chi connectivity index (χ4v) is 2.53. The van der Waals surface area contributed by atoms with E-state index in [2.05, 4.69) is 5.10 Å². The minimum atomic E-state index is -4.59. The number of nitrogens with zero attached hydrogens (tertiary/aromatic N) is 2. The summed E-state index contributed by atoms with van der Waals surface area (Å²) in [6, 6.07) is 6.72. The predicted octanol–water partition coefficient (Wildman–Crippen LogP) is 5.00. The molecule has 0 aliphatic carbocycles. The first-order valence-electron chi connectivity index (χ1n) is 5.45. The molecule has 2 rings (SSSR count). The molecule has 0 saturated heterocycles. The van der Waals surface area contributed by atoms with Crippen LogP contribution >= 0.6 is 34.8 Å². The molecule has 0 atom stereocenters. The topological polar surface area (TPSA) is 17.8 Å². The highest BCUT2D eigenvalue weighted by molar-refractivity contribution is 6.31. The Balaban J connectivity index is 2.41. The Morgan fingerprint density at radius 1 is 1.20 bits per heavy atom. The highest BCUT2D eigenvalue weighted by Crippen LogP contribution is 2.35. The zero-order chi connectivity index (χ0) is 14.9. The van der Waals surface area contributed by atoms with Gasteiger partial charge in [0.2, 0.25) is 0 Å². The van der Waals surface area contributed by atoms with Crippen LogP contribution in [0.4, 0.5) is 13.2 Å². The van der Waals surface area contributed by atoms with Crippen molar-refractivity contribution in [1.29, 1.82) is 0 Å². The molecule has 0 aliphatic rings. The molecule has 0 spiro atoms. The maximum atomic E-state index is 12.8. The Labute approximate surface area is 128 Å². The van der Waals surface area contributed by atoms with Gasteiger partial charge >= 0.3 is 6.18 Å². The third-order valence-electron chi connectivity index (χ3n) is 2.61. The molecule has 0 radical (unpaired) electrons. The zero-order valence-corrected chi connectivity index (χ0v) is 12.2. The van der Waals surface area contributed by atoms with Crippen molar-refractivity contribution in [3.05, 3.63) is 51.3 Å². The van der Waals surface area contributed by atoms with Gasteiger partial charge in [-0.25, -0.2) is 4.68 Å². The number of hydrogen-bond acceptors (Lipinski definition) is 1. The molecular formula is C12H8Cl3F3N2. The van der Waals surface area contributed by atoms with Crippen LogP contribution in [0.25, 0.3) is 0 Å². The van der Waals surface area contributed by atoms with Gasteiger partial charge < -0.3 is 0 Å². The number of benzene rings is 1. The molecule has 2 nitrogen and oxygen atoms in total. The van der Waals surface area contributed by atoms with E-state index in [9.17, 15) is 13.2 Å². The molecule has 0 fully saturated rings. The number of rotatable bonds is 3. The summed E-state index contributed by atoms with van der Waals surface area (Å²) in [5.41, 5.74) is -0.584. The maximum absolute atomic E-state index is 12.8. The highest BCUT2D eigenvalue weighted by Gasteiger charge is 2.38. The van der Waals surface area contributed by atoms with Crippen molar-refractivity contribution < 1.29 is 13.2 Å². The first kappa shape index (κ1) is 15.5. The zero-order valence-electron chi connectivity index (χ0n) is 9.89. The van der Waals surface area contributed by atoms with Crippen molar-refractivity contribution in [2.45, 2.75) is 18.6 Å². The highest BCUT2D eigenvalue weighted by atomic mass is 35.5. The fourth-order valence-electron chi connectivity index (χ4n) is 1.74. The number of aromatic nitrogens is 2. The van der Waals surface area contributed by atoms with E-state index >= 15 is 0 Å². The van der Waals surface area contributed by atoms with Crippen LogP contribution in [0.5, 0.6) is 0 Å². The molecule has 8 heteroatoms. The van der Waals surface area contributed by atoms with Gasteiger partial charge in [0, 0.05) is 10.6 Å². The standard InChI is InChI=1S/C12H8Cl3F3N2/c13-5-9-10(12(16,17)18)19-20(11(9)15)6-7-2-1-3-8(14)4-7/h1-4H,5-6H2. The van der Waals surface area contributed by atoms with Gasteiger partial charge in [0.25, 0.3) is 0 Å². The summed E-state index contributed by atoms with van der Waals surface area (Å²) in [6.45, 7) is 0.0827. The minimum Gasteiger partial charge on any atom is -0.249 e. The average Bonchev–Trinajstić information content (AvgIpc) is 2.66. The lowest BCUT2D eigenvalue weighted by Crippen LogP contribution is -2.10. The smallest absolute Gasteiger partial charge is 0.249 e. The van der Waals surface area contributed by atoms with Crippen LogP contribution in [0.1, 0.15) is 16.8 Å². The van der Waals surface area contributed by atoms with E-state index < -0.39 is 11.9 Å². The Morgan fingerprint density at radius 2 is 1.90 bits per heavy atom. The molecule has 108 valence electrons. The monoisotopic (exact) mass is 342 g/mol. The third kappa shape index (κ3) is 3.22. The van der Waals surface area contributed by atoms with Gasteiger partial charge in [-0.05, 0) is 17.7 Å². The summed E-state index contributed by atoms with van der Waals surface area (Å²) >= 11 is 17.3. The normalized spacial score (nSPS) is 11.9. The molecule has 0 N–H and O–H groups in total. The van der Waals surface area contributed by atoms with Gasteiger partial charge in [0.1, 0.15) is 5.15 Å². The van der Waals surface area contributed by atoms with Crippen LogP contribution in [0.3, 0.4) is 0 Å². The second-order valence-corrected chi connectivity index (χ2v) is 5.10. The molecule has 0 unspecified atom stereocenters.